The standard InChI is InChI=1S/C24H28FN3O2.C8H8FNO2/c1-16-3-4-19(13-22(16)25)21-9-12-28(15-21)24(30)18-7-10-27(11-8-18)23-6-5-20(14-26-23)17(2)29;1-10-8(11)12-7-4-2-6(9)3-5-7/h3-6,13-14,18,21H,7-12,15H2,1-2H3;2-5H,1H3,(H,10,11)/t21-;/m0./s1. The van der Waals surface area contributed by atoms with E-state index in [2.05, 4.69) is 15.2 Å². The van der Waals surface area contributed by atoms with E-state index in [1.165, 1.54) is 38.2 Å². The third-order valence-electron chi connectivity index (χ3n) is 7.72. The maximum absolute atomic E-state index is 13.9. The van der Waals surface area contributed by atoms with Gasteiger partial charge < -0.3 is 19.9 Å². The van der Waals surface area contributed by atoms with Crippen LogP contribution in [0.4, 0.5) is 19.4 Å². The zero-order valence-corrected chi connectivity index (χ0v) is 24.1. The van der Waals surface area contributed by atoms with E-state index in [1.807, 2.05) is 23.1 Å². The smallest absolute Gasteiger partial charge is 0.410 e. The first-order valence-electron chi connectivity index (χ1n) is 14.1. The number of aromatic nitrogens is 1. The molecule has 2 aliphatic heterocycles. The highest BCUT2D eigenvalue weighted by Gasteiger charge is 2.33. The number of hydrogen-bond acceptors (Lipinski definition) is 6. The third-order valence-corrected chi connectivity index (χ3v) is 7.72. The highest BCUT2D eigenvalue weighted by atomic mass is 19.1. The molecule has 3 heterocycles. The first kappa shape index (κ1) is 30.6. The zero-order chi connectivity index (χ0) is 30.2. The average molecular weight is 579 g/mol. The predicted molar refractivity (Wildman–Crippen MR) is 156 cm³/mol. The third kappa shape index (κ3) is 7.90. The number of aryl methyl sites for hydroxylation is 1. The minimum atomic E-state index is -0.568. The van der Waals surface area contributed by atoms with Crippen molar-refractivity contribution in [1.29, 1.82) is 0 Å². The lowest BCUT2D eigenvalue weighted by Crippen LogP contribution is -2.42. The van der Waals surface area contributed by atoms with Gasteiger partial charge in [-0.15, -0.1) is 0 Å². The summed E-state index contributed by atoms with van der Waals surface area (Å²) in [4.78, 5) is 43.6. The molecule has 1 atom stereocenters. The Morgan fingerprint density at radius 2 is 1.67 bits per heavy atom. The second kappa shape index (κ2) is 14.0. The van der Waals surface area contributed by atoms with E-state index in [0.717, 1.165) is 50.3 Å². The summed E-state index contributed by atoms with van der Waals surface area (Å²) in [5.74, 6) is 1.12. The van der Waals surface area contributed by atoms with Crippen LogP contribution in [0.25, 0.3) is 0 Å². The summed E-state index contributed by atoms with van der Waals surface area (Å²) in [7, 11) is 1.45. The topological polar surface area (TPSA) is 91.8 Å². The van der Waals surface area contributed by atoms with Gasteiger partial charge in [-0.3, -0.25) is 9.59 Å². The van der Waals surface area contributed by atoms with Crippen molar-refractivity contribution in [2.45, 2.75) is 39.0 Å². The zero-order valence-electron chi connectivity index (χ0n) is 24.1. The lowest BCUT2D eigenvalue weighted by Gasteiger charge is -2.34. The first-order chi connectivity index (χ1) is 20.1. The van der Waals surface area contributed by atoms with Crippen LogP contribution in [0.3, 0.4) is 0 Å². The number of hydrogen-bond donors (Lipinski definition) is 1. The molecule has 8 nitrogen and oxygen atoms in total. The van der Waals surface area contributed by atoms with Crippen molar-refractivity contribution in [3.8, 4) is 5.75 Å². The van der Waals surface area contributed by atoms with E-state index < -0.39 is 6.09 Å². The SMILES string of the molecule is CC(=O)c1ccc(N2CCC(C(=O)N3CC[C@H](c4ccc(C)c(F)c4)C3)CC2)nc1.CNC(=O)Oc1ccc(F)cc1. The fourth-order valence-electron chi connectivity index (χ4n) is 5.15. The number of nitrogens with zero attached hydrogens (tertiary/aromatic N) is 3. The molecule has 0 saturated carbocycles. The molecule has 2 amide bonds. The number of likely N-dealkylation sites (tertiary alicyclic amines) is 1. The summed E-state index contributed by atoms with van der Waals surface area (Å²) in [6.07, 6.45) is 3.54. The summed E-state index contributed by atoms with van der Waals surface area (Å²) in [5.41, 5.74) is 2.26. The van der Waals surface area contributed by atoms with Gasteiger partial charge in [-0.1, -0.05) is 12.1 Å². The van der Waals surface area contributed by atoms with Gasteiger partial charge in [0.05, 0.1) is 0 Å². The summed E-state index contributed by atoms with van der Waals surface area (Å²) in [6.45, 7) is 6.28. The van der Waals surface area contributed by atoms with E-state index >= 15 is 0 Å². The monoisotopic (exact) mass is 578 g/mol. The number of piperidine rings is 1. The maximum Gasteiger partial charge on any atom is 0.412 e. The molecule has 0 bridgehead atoms. The van der Waals surface area contributed by atoms with E-state index in [4.69, 9.17) is 4.74 Å². The molecule has 2 fully saturated rings. The number of carbonyl (C=O) groups excluding carboxylic acids is 3. The Bertz CT molecular complexity index is 1390. The number of rotatable bonds is 5. The maximum atomic E-state index is 13.9. The lowest BCUT2D eigenvalue weighted by molar-refractivity contribution is -0.135. The number of ketones is 1. The van der Waals surface area contributed by atoms with Gasteiger partial charge in [0.2, 0.25) is 5.91 Å². The van der Waals surface area contributed by atoms with Crippen LogP contribution in [-0.2, 0) is 4.79 Å². The number of nitrogens with one attached hydrogen (secondary N) is 1. The molecule has 2 aromatic carbocycles. The molecular weight excluding hydrogens is 542 g/mol. The van der Waals surface area contributed by atoms with Crippen molar-refractivity contribution >= 4 is 23.6 Å². The Hall–Kier alpha value is -4.34. The minimum absolute atomic E-state index is 0.00986. The Balaban J connectivity index is 0.000000283. The highest BCUT2D eigenvalue weighted by molar-refractivity contribution is 5.93. The average Bonchev–Trinajstić information content (AvgIpc) is 3.50. The van der Waals surface area contributed by atoms with E-state index in [9.17, 15) is 23.2 Å². The summed E-state index contributed by atoms with van der Waals surface area (Å²) in [6, 6.07) is 14.3. The van der Waals surface area contributed by atoms with Gasteiger partial charge in [-0.25, -0.2) is 18.6 Å². The molecule has 42 heavy (non-hydrogen) atoms. The fourth-order valence-corrected chi connectivity index (χ4v) is 5.15. The number of amides is 2. The second-order valence-electron chi connectivity index (χ2n) is 10.6. The van der Waals surface area contributed by atoms with Crippen molar-refractivity contribution in [1.82, 2.24) is 15.2 Å². The number of benzene rings is 2. The van der Waals surface area contributed by atoms with Crippen LogP contribution >= 0.6 is 0 Å². The molecule has 5 rings (SSSR count). The van der Waals surface area contributed by atoms with Gasteiger partial charge in [0, 0.05) is 56.8 Å². The van der Waals surface area contributed by atoms with Gasteiger partial charge >= 0.3 is 6.09 Å². The first-order valence-corrected chi connectivity index (χ1v) is 14.1. The number of Topliss-reactive ketones (excluding diaryl/α,β-unsaturated/α-hetero) is 1. The normalized spacial score (nSPS) is 16.8. The lowest BCUT2D eigenvalue weighted by atomic mass is 9.95. The summed E-state index contributed by atoms with van der Waals surface area (Å²) < 4.78 is 31.0. The summed E-state index contributed by atoms with van der Waals surface area (Å²) in [5, 5.41) is 2.27. The molecule has 2 saturated heterocycles. The van der Waals surface area contributed by atoms with E-state index in [1.54, 1.807) is 25.3 Å². The van der Waals surface area contributed by atoms with Gasteiger partial charge in [0.15, 0.2) is 5.78 Å². The molecule has 0 radical (unpaired) electrons. The Kier molecular flexibility index (Phi) is 10.2. The van der Waals surface area contributed by atoms with E-state index in [-0.39, 0.29) is 35.2 Å². The van der Waals surface area contributed by atoms with Crippen molar-refractivity contribution in [2.75, 3.05) is 38.1 Å². The molecule has 10 heteroatoms. The molecule has 1 aromatic heterocycles. The van der Waals surface area contributed by atoms with Crippen LogP contribution in [0.1, 0.15) is 53.6 Å². The largest absolute Gasteiger partial charge is 0.412 e. The van der Waals surface area contributed by atoms with Gasteiger partial charge in [0.1, 0.15) is 23.2 Å². The minimum Gasteiger partial charge on any atom is -0.410 e. The number of halogens is 2. The van der Waals surface area contributed by atoms with Gasteiger partial charge in [-0.2, -0.15) is 0 Å². The number of carbonyl (C=O) groups is 3. The Morgan fingerprint density at radius 1 is 0.952 bits per heavy atom. The fraction of sp³-hybridized carbons (Fsp3) is 0.375. The molecule has 0 aliphatic carbocycles. The van der Waals surface area contributed by atoms with Crippen molar-refractivity contribution in [3.63, 3.8) is 0 Å². The molecular formula is C32H36F2N4O4. The van der Waals surface area contributed by atoms with Crippen molar-refractivity contribution in [2.24, 2.45) is 5.92 Å². The Labute approximate surface area is 244 Å². The molecule has 2 aliphatic rings. The van der Waals surface area contributed by atoms with Crippen LogP contribution in [0.5, 0.6) is 5.75 Å². The van der Waals surface area contributed by atoms with Crippen molar-refractivity contribution < 1.29 is 27.9 Å². The quantitative estimate of drug-likeness (QED) is 0.402. The van der Waals surface area contributed by atoms with Crippen molar-refractivity contribution in [3.05, 3.63) is 89.1 Å². The van der Waals surface area contributed by atoms with E-state index in [0.29, 0.717) is 23.4 Å². The molecule has 0 spiro atoms. The molecule has 1 N–H and O–H groups in total. The second-order valence-corrected chi connectivity index (χ2v) is 10.6. The van der Waals surface area contributed by atoms with Gasteiger partial charge in [0.25, 0.3) is 0 Å². The van der Waals surface area contributed by atoms with Crippen LogP contribution in [0.2, 0.25) is 0 Å². The predicted octanol–water partition coefficient (Wildman–Crippen LogP) is 5.51. The van der Waals surface area contributed by atoms with Crippen LogP contribution in [0.15, 0.2) is 60.8 Å². The highest BCUT2D eigenvalue weighted by Crippen LogP contribution is 2.31. The number of pyridine rings is 1. The van der Waals surface area contributed by atoms with Crippen LogP contribution in [0, 0.1) is 24.5 Å². The van der Waals surface area contributed by atoms with Gasteiger partial charge in [-0.05, 0) is 86.7 Å². The molecule has 222 valence electrons. The Morgan fingerprint density at radius 3 is 2.26 bits per heavy atom. The van der Waals surface area contributed by atoms with Crippen LogP contribution in [-0.4, -0.2) is 60.9 Å². The molecule has 3 aromatic rings. The van der Waals surface area contributed by atoms with Crippen LogP contribution < -0.4 is 15.0 Å². The molecule has 0 unspecified atom stereocenters. The number of ether oxygens (including phenoxy) is 1. The summed E-state index contributed by atoms with van der Waals surface area (Å²) >= 11 is 0. The number of anilines is 1.